The molecule has 30 heavy (non-hydrogen) atoms. The van der Waals surface area contributed by atoms with Gasteiger partial charge in [-0.05, 0) is 35.7 Å². The normalized spacial score (nSPS) is 11.8. The highest BCUT2D eigenvalue weighted by atomic mass is 19.4. The van der Waals surface area contributed by atoms with E-state index in [4.69, 9.17) is 4.42 Å². The van der Waals surface area contributed by atoms with E-state index in [9.17, 15) is 13.2 Å². The number of halogens is 3. The summed E-state index contributed by atoms with van der Waals surface area (Å²) in [7, 11) is 0. The molecule has 0 saturated heterocycles. The van der Waals surface area contributed by atoms with Gasteiger partial charge >= 0.3 is 6.18 Å². The molecule has 0 aliphatic rings. The number of fused-ring (bicyclic) bond motifs is 2. The summed E-state index contributed by atoms with van der Waals surface area (Å²) >= 11 is 0. The second kappa shape index (κ2) is 6.95. The molecule has 0 amide bonds. The van der Waals surface area contributed by atoms with Gasteiger partial charge in [-0.25, -0.2) is 0 Å². The Balaban J connectivity index is 1.74. The Hall–Kier alpha value is -3.73. The highest BCUT2D eigenvalue weighted by molar-refractivity contribution is 5.99. The van der Waals surface area contributed by atoms with E-state index in [1.807, 2.05) is 77.7 Å². The van der Waals surface area contributed by atoms with Gasteiger partial charge in [0.05, 0.1) is 5.69 Å². The average Bonchev–Trinajstić information content (AvgIpc) is 3.19. The van der Waals surface area contributed by atoms with Gasteiger partial charge in [-0.2, -0.15) is 13.2 Å². The van der Waals surface area contributed by atoms with Crippen LogP contribution in [0.15, 0.2) is 102 Å². The first-order chi connectivity index (χ1) is 14.5. The van der Waals surface area contributed by atoms with Crippen LogP contribution in [-0.4, -0.2) is 0 Å². The van der Waals surface area contributed by atoms with Crippen molar-refractivity contribution in [1.29, 1.82) is 0 Å². The first-order valence-electron chi connectivity index (χ1n) is 9.44. The molecule has 0 aliphatic carbocycles. The summed E-state index contributed by atoms with van der Waals surface area (Å²) in [6.07, 6.45) is -3.68. The predicted molar refractivity (Wildman–Crippen MR) is 113 cm³/mol. The topological polar surface area (TPSA) is 16.4 Å². The van der Waals surface area contributed by atoms with Crippen LogP contribution in [-0.2, 0) is 6.18 Å². The molecule has 0 aliphatic heterocycles. The fraction of sp³-hybridized carbons (Fsp3) is 0.0400. The van der Waals surface area contributed by atoms with Gasteiger partial charge in [0.15, 0.2) is 0 Å². The van der Waals surface area contributed by atoms with Crippen LogP contribution < -0.4 is 4.90 Å². The van der Waals surface area contributed by atoms with E-state index in [-0.39, 0.29) is 11.0 Å². The number of para-hydroxylation sites is 1. The predicted octanol–water partition coefficient (Wildman–Crippen LogP) is 8.07. The summed E-state index contributed by atoms with van der Waals surface area (Å²) in [5.74, 6) is 0. The lowest BCUT2D eigenvalue weighted by molar-refractivity contribution is -0.136. The lowest BCUT2D eigenvalue weighted by atomic mass is 10.1. The van der Waals surface area contributed by atoms with Crippen LogP contribution >= 0.6 is 0 Å². The molecule has 5 heteroatoms. The molecule has 0 radical (unpaired) electrons. The third-order valence-electron chi connectivity index (χ3n) is 5.14. The molecule has 148 valence electrons. The maximum Gasteiger partial charge on any atom is 0.420 e. The quantitative estimate of drug-likeness (QED) is 0.303. The fourth-order valence-corrected chi connectivity index (χ4v) is 3.78. The molecule has 0 atom stereocenters. The van der Waals surface area contributed by atoms with Crippen molar-refractivity contribution in [2.45, 2.75) is 6.18 Å². The van der Waals surface area contributed by atoms with Crippen molar-refractivity contribution >= 4 is 38.8 Å². The van der Waals surface area contributed by atoms with Gasteiger partial charge < -0.3 is 9.32 Å². The van der Waals surface area contributed by atoms with Gasteiger partial charge in [0.1, 0.15) is 17.4 Å². The zero-order valence-electron chi connectivity index (χ0n) is 15.7. The minimum absolute atomic E-state index is 0.0529. The maximum absolute atomic E-state index is 13.2. The Morgan fingerprint density at radius 1 is 0.667 bits per heavy atom. The van der Waals surface area contributed by atoms with E-state index in [2.05, 4.69) is 0 Å². The second-order valence-electron chi connectivity index (χ2n) is 7.00. The number of anilines is 3. The number of nitrogens with zero attached hydrogens (tertiary/aromatic N) is 1. The molecule has 4 aromatic carbocycles. The van der Waals surface area contributed by atoms with Crippen molar-refractivity contribution in [3.05, 3.63) is 103 Å². The van der Waals surface area contributed by atoms with Crippen molar-refractivity contribution in [2.24, 2.45) is 0 Å². The van der Waals surface area contributed by atoms with E-state index in [1.54, 1.807) is 12.1 Å². The third kappa shape index (κ3) is 3.08. The first kappa shape index (κ1) is 18.3. The molecule has 2 nitrogen and oxygen atoms in total. The van der Waals surface area contributed by atoms with E-state index < -0.39 is 11.7 Å². The summed E-state index contributed by atoms with van der Waals surface area (Å²) in [5.41, 5.74) is 1.98. The van der Waals surface area contributed by atoms with E-state index >= 15 is 0 Å². The standard InChI is InChI=1S/C25H16F3NO/c26-25(27,28)22-16-30-24-15-19(13-14-21(22)24)29(18-9-2-1-3-10-18)23-12-6-8-17-7-4-5-11-20(17)23/h1-16H. The molecular weight excluding hydrogens is 387 g/mol. The summed E-state index contributed by atoms with van der Waals surface area (Å²) in [4.78, 5) is 2.03. The summed E-state index contributed by atoms with van der Waals surface area (Å²) in [5, 5.41) is 2.17. The molecule has 0 fully saturated rings. The number of rotatable bonds is 3. The van der Waals surface area contributed by atoms with Crippen molar-refractivity contribution in [1.82, 2.24) is 0 Å². The second-order valence-corrected chi connectivity index (χ2v) is 7.00. The Morgan fingerprint density at radius 2 is 1.40 bits per heavy atom. The molecule has 0 bridgehead atoms. The molecular formula is C25H16F3NO. The van der Waals surface area contributed by atoms with Crippen molar-refractivity contribution in [3.8, 4) is 0 Å². The van der Waals surface area contributed by atoms with Gasteiger partial charge in [-0.15, -0.1) is 0 Å². The molecule has 0 spiro atoms. The average molecular weight is 403 g/mol. The maximum atomic E-state index is 13.2. The van der Waals surface area contributed by atoms with Crippen LogP contribution in [0.5, 0.6) is 0 Å². The van der Waals surface area contributed by atoms with Crippen molar-refractivity contribution in [3.63, 3.8) is 0 Å². The molecule has 0 unspecified atom stereocenters. The number of hydrogen-bond donors (Lipinski definition) is 0. The van der Waals surface area contributed by atoms with Crippen LogP contribution in [0.25, 0.3) is 21.7 Å². The SMILES string of the molecule is FC(F)(F)c1coc2cc(N(c3ccccc3)c3cccc4ccccc34)ccc12. The molecule has 1 aromatic heterocycles. The van der Waals surface area contributed by atoms with E-state index in [1.165, 1.54) is 6.07 Å². The molecule has 5 aromatic rings. The number of benzene rings is 4. The minimum Gasteiger partial charge on any atom is -0.464 e. The van der Waals surface area contributed by atoms with Gasteiger partial charge in [0, 0.05) is 28.2 Å². The smallest absolute Gasteiger partial charge is 0.420 e. The summed E-state index contributed by atoms with van der Waals surface area (Å²) in [6.45, 7) is 0. The Morgan fingerprint density at radius 3 is 2.20 bits per heavy atom. The number of furan rings is 1. The zero-order valence-corrected chi connectivity index (χ0v) is 15.7. The van der Waals surface area contributed by atoms with Gasteiger partial charge in [0.25, 0.3) is 0 Å². The van der Waals surface area contributed by atoms with Crippen LogP contribution in [0.3, 0.4) is 0 Å². The van der Waals surface area contributed by atoms with Gasteiger partial charge in [-0.1, -0.05) is 54.6 Å². The first-order valence-corrected chi connectivity index (χ1v) is 9.44. The molecule has 1 heterocycles. The van der Waals surface area contributed by atoms with E-state index in [0.717, 1.165) is 28.4 Å². The van der Waals surface area contributed by atoms with Crippen molar-refractivity contribution < 1.29 is 17.6 Å². The minimum atomic E-state index is -4.46. The van der Waals surface area contributed by atoms with Crippen LogP contribution in [0.2, 0.25) is 0 Å². The fourth-order valence-electron chi connectivity index (χ4n) is 3.78. The number of alkyl halides is 3. The molecule has 5 rings (SSSR count). The van der Waals surface area contributed by atoms with Gasteiger partial charge in [0.2, 0.25) is 0 Å². The lowest BCUT2D eigenvalue weighted by Crippen LogP contribution is -2.10. The summed E-state index contributed by atoms with van der Waals surface area (Å²) < 4.78 is 45.0. The number of hydrogen-bond acceptors (Lipinski definition) is 2. The Labute approximate surface area is 170 Å². The van der Waals surface area contributed by atoms with Crippen LogP contribution in [0.4, 0.5) is 30.2 Å². The third-order valence-corrected chi connectivity index (χ3v) is 5.14. The van der Waals surface area contributed by atoms with Gasteiger partial charge in [-0.3, -0.25) is 0 Å². The van der Waals surface area contributed by atoms with Crippen LogP contribution in [0, 0.1) is 0 Å². The lowest BCUT2D eigenvalue weighted by Gasteiger charge is -2.26. The zero-order chi connectivity index (χ0) is 20.7. The largest absolute Gasteiger partial charge is 0.464 e. The molecule has 0 N–H and O–H groups in total. The van der Waals surface area contributed by atoms with Crippen molar-refractivity contribution in [2.75, 3.05) is 4.90 Å². The monoisotopic (exact) mass is 403 g/mol. The Bertz CT molecular complexity index is 1330. The molecule has 0 saturated carbocycles. The van der Waals surface area contributed by atoms with Crippen LogP contribution in [0.1, 0.15) is 5.56 Å². The highest BCUT2D eigenvalue weighted by Crippen LogP contribution is 2.42. The Kier molecular flexibility index (Phi) is 4.24. The van der Waals surface area contributed by atoms with E-state index in [0.29, 0.717) is 5.69 Å². The summed E-state index contributed by atoms with van der Waals surface area (Å²) in [6, 6.07) is 28.6. The highest BCUT2D eigenvalue weighted by Gasteiger charge is 2.34.